The monoisotopic (exact) mass is 219 g/mol. The van der Waals surface area contributed by atoms with Crippen LogP contribution in [0.5, 0.6) is 0 Å². The molecular formula is C13H21N3. The smallest absolute Gasteiger partial charge is 0.0315 e. The fraction of sp³-hybridized carbons (Fsp3) is 0.615. The molecule has 16 heavy (non-hydrogen) atoms. The third-order valence-corrected chi connectivity index (χ3v) is 3.39. The summed E-state index contributed by atoms with van der Waals surface area (Å²) in [4.78, 5) is 6.56. The lowest BCUT2D eigenvalue weighted by Gasteiger charge is -2.31. The molecule has 0 amide bonds. The van der Waals surface area contributed by atoms with Crippen LogP contribution in [0.4, 0.5) is 0 Å². The Morgan fingerprint density at radius 1 is 1.44 bits per heavy atom. The quantitative estimate of drug-likeness (QED) is 0.840. The molecule has 0 bridgehead atoms. The van der Waals surface area contributed by atoms with E-state index >= 15 is 0 Å². The van der Waals surface area contributed by atoms with Gasteiger partial charge in [0.1, 0.15) is 0 Å². The van der Waals surface area contributed by atoms with Crippen molar-refractivity contribution in [3.05, 3.63) is 30.1 Å². The second-order valence-electron chi connectivity index (χ2n) is 4.75. The van der Waals surface area contributed by atoms with E-state index < -0.39 is 0 Å². The van der Waals surface area contributed by atoms with Crippen LogP contribution in [0.1, 0.15) is 31.4 Å². The minimum Gasteiger partial charge on any atom is -0.307 e. The van der Waals surface area contributed by atoms with Crippen LogP contribution in [-0.4, -0.2) is 36.1 Å². The summed E-state index contributed by atoms with van der Waals surface area (Å²) in [6.45, 7) is 4.63. The predicted molar refractivity (Wildman–Crippen MR) is 66.3 cm³/mol. The van der Waals surface area contributed by atoms with Crippen LogP contribution < -0.4 is 5.32 Å². The zero-order chi connectivity index (χ0) is 11.4. The van der Waals surface area contributed by atoms with Crippen molar-refractivity contribution >= 4 is 0 Å². The molecule has 0 saturated carbocycles. The van der Waals surface area contributed by atoms with Gasteiger partial charge < -0.3 is 10.2 Å². The number of rotatable bonds is 3. The van der Waals surface area contributed by atoms with Gasteiger partial charge in [0.2, 0.25) is 0 Å². The van der Waals surface area contributed by atoms with Crippen molar-refractivity contribution in [2.24, 2.45) is 0 Å². The van der Waals surface area contributed by atoms with Crippen LogP contribution in [0.2, 0.25) is 0 Å². The molecular weight excluding hydrogens is 198 g/mol. The van der Waals surface area contributed by atoms with Gasteiger partial charge in [0.15, 0.2) is 0 Å². The van der Waals surface area contributed by atoms with Gasteiger partial charge in [-0.25, -0.2) is 0 Å². The van der Waals surface area contributed by atoms with E-state index in [9.17, 15) is 0 Å². The first kappa shape index (κ1) is 11.6. The SMILES string of the molecule is C[C@@H](NC1CCN(C)CC1)c1cccnc1. The number of aromatic nitrogens is 1. The van der Waals surface area contributed by atoms with Gasteiger partial charge >= 0.3 is 0 Å². The average molecular weight is 219 g/mol. The molecule has 1 N–H and O–H groups in total. The van der Waals surface area contributed by atoms with Crippen LogP contribution in [0.25, 0.3) is 0 Å². The normalized spacial score (nSPS) is 20.9. The molecule has 2 heterocycles. The molecule has 0 radical (unpaired) electrons. The maximum absolute atomic E-state index is 4.16. The van der Waals surface area contributed by atoms with E-state index in [0.29, 0.717) is 12.1 Å². The maximum Gasteiger partial charge on any atom is 0.0315 e. The highest BCUT2D eigenvalue weighted by molar-refractivity contribution is 5.13. The number of pyridine rings is 1. The summed E-state index contributed by atoms with van der Waals surface area (Å²) in [6.07, 6.45) is 6.28. The molecule has 1 aliphatic rings. The van der Waals surface area contributed by atoms with Crippen LogP contribution in [0, 0.1) is 0 Å². The molecule has 0 aliphatic carbocycles. The van der Waals surface area contributed by atoms with Crippen molar-refractivity contribution in [2.75, 3.05) is 20.1 Å². The first-order valence-corrected chi connectivity index (χ1v) is 6.10. The van der Waals surface area contributed by atoms with E-state index in [1.54, 1.807) is 0 Å². The fourth-order valence-electron chi connectivity index (χ4n) is 2.26. The van der Waals surface area contributed by atoms with Gasteiger partial charge in [-0.15, -0.1) is 0 Å². The first-order chi connectivity index (χ1) is 7.75. The van der Waals surface area contributed by atoms with Crippen LogP contribution in [0.3, 0.4) is 0 Å². The summed E-state index contributed by atoms with van der Waals surface area (Å²) in [7, 11) is 2.20. The lowest BCUT2D eigenvalue weighted by Crippen LogP contribution is -2.41. The van der Waals surface area contributed by atoms with Gasteiger partial charge in [0, 0.05) is 24.5 Å². The molecule has 1 aromatic rings. The van der Waals surface area contributed by atoms with Crippen LogP contribution in [0.15, 0.2) is 24.5 Å². The molecule has 1 fully saturated rings. The molecule has 1 aliphatic heterocycles. The van der Waals surface area contributed by atoms with Gasteiger partial charge in [-0.2, -0.15) is 0 Å². The van der Waals surface area contributed by atoms with E-state index in [4.69, 9.17) is 0 Å². The molecule has 3 heteroatoms. The lowest BCUT2D eigenvalue weighted by molar-refractivity contribution is 0.226. The Hall–Kier alpha value is -0.930. The Morgan fingerprint density at radius 2 is 2.19 bits per heavy atom. The van der Waals surface area contributed by atoms with Crippen molar-refractivity contribution in [3.8, 4) is 0 Å². The van der Waals surface area contributed by atoms with Gasteiger partial charge in [-0.05, 0) is 51.5 Å². The Bertz CT molecular complexity index is 304. The second-order valence-corrected chi connectivity index (χ2v) is 4.75. The minimum atomic E-state index is 0.405. The van der Waals surface area contributed by atoms with Crippen LogP contribution in [-0.2, 0) is 0 Å². The average Bonchev–Trinajstić information content (AvgIpc) is 2.33. The second kappa shape index (κ2) is 5.41. The molecule has 1 saturated heterocycles. The maximum atomic E-state index is 4.16. The Balaban J connectivity index is 1.86. The Labute approximate surface area is 97.9 Å². The van der Waals surface area contributed by atoms with E-state index in [-0.39, 0.29) is 0 Å². The number of likely N-dealkylation sites (tertiary alicyclic amines) is 1. The molecule has 0 aromatic carbocycles. The summed E-state index contributed by atoms with van der Waals surface area (Å²) < 4.78 is 0. The Kier molecular flexibility index (Phi) is 3.91. The highest BCUT2D eigenvalue weighted by Crippen LogP contribution is 2.15. The van der Waals surface area contributed by atoms with Gasteiger partial charge in [-0.1, -0.05) is 6.07 Å². The summed E-state index contributed by atoms with van der Waals surface area (Å²) in [5, 5.41) is 3.69. The summed E-state index contributed by atoms with van der Waals surface area (Å²) in [6, 6.07) is 5.20. The molecule has 0 spiro atoms. The van der Waals surface area contributed by atoms with Gasteiger partial charge in [0.25, 0.3) is 0 Å². The molecule has 0 unspecified atom stereocenters. The van der Waals surface area contributed by atoms with E-state index in [1.807, 2.05) is 18.5 Å². The lowest BCUT2D eigenvalue weighted by atomic mass is 10.0. The third kappa shape index (κ3) is 3.03. The zero-order valence-electron chi connectivity index (χ0n) is 10.2. The molecule has 2 rings (SSSR count). The summed E-state index contributed by atoms with van der Waals surface area (Å²) in [5.74, 6) is 0. The third-order valence-electron chi connectivity index (χ3n) is 3.39. The predicted octanol–water partition coefficient (Wildman–Crippen LogP) is 1.83. The topological polar surface area (TPSA) is 28.2 Å². The van der Waals surface area contributed by atoms with E-state index in [0.717, 1.165) is 0 Å². The van der Waals surface area contributed by atoms with Gasteiger partial charge in [-0.3, -0.25) is 4.98 Å². The number of nitrogens with one attached hydrogen (secondary N) is 1. The minimum absolute atomic E-state index is 0.405. The molecule has 1 aromatic heterocycles. The number of piperidine rings is 1. The van der Waals surface area contributed by atoms with Crippen molar-refractivity contribution in [1.29, 1.82) is 0 Å². The number of hydrogen-bond donors (Lipinski definition) is 1. The molecule has 3 nitrogen and oxygen atoms in total. The largest absolute Gasteiger partial charge is 0.307 e. The van der Waals surface area contributed by atoms with Crippen molar-refractivity contribution in [3.63, 3.8) is 0 Å². The van der Waals surface area contributed by atoms with Crippen molar-refractivity contribution in [1.82, 2.24) is 15.2 Å². The van der Waals surface area contributed by atoms with Gasteiger partial charge in [0.05, 0.1) is 0 Å². The van der Waals surface area contributed by atoms with E-state index in [2.05, 4.69) is 35.2 Å². The van der Waals surface area contributed by atoms with Crippen LogP contribution >= 0.6 is 0 Å². The standard InChI is InChI=1S/C13H21N3/c1-11(12-4-3-7-14-10-12)15-13-5-8-16(2)9-6-13/h3-4,7,10-11,13,15H,5-6,8-9H2,1-2H3/t11-/m1/s1. The van der Waals surface area contributed by atoms with Crippen molar-refractivity contribution < 1.29 is 0 Å². The molecule has 1 atom stereocenters. The summed E-state index contributed by atoms with van der Waals surface area (Å²) >= 11 is 0. The number of hydrogen-bond acceptors (Lipinski definition) is 3. The first-order valence-electron chi connectivity index (χ1n) is 6.10. The Morgan fingerprint density at radius 3 is 2.81 bits per heavy atom. The van der Waals surface area contributed by atoms with E-state index in [1.165, 1.54) is 31.5 Å². The number of nitrogens with zero attached hydrogens (tertiary/aromatic N) is 2. The fourth-order valence-corrected chi connectivity index (χ4v) is 2.26. The van der Waals surface area contributed by atoms with Crippen molar-refractivity contribution in [2.45, 2.75) is 31.8 Å². The molecule has 88 valence electrons. The zero-order valence-corrected chi connectivity index (χ0v) is 10.2. The highest BCUT2D eigenvalue weighted by atomic mass is 15.1. The summed E-state index contributed by atoms with van der Waals surface area (Å²) in [5.41, 5.74) is 1.28. The highest BCUT2D eigenvalue weighted by Gasteiger charge is 2.18.